The Kier molecular flexibility index (Phi) is 5.97. The van der Waals surface area contributed by atoms with Crippen LogP contribution in [0.15, 0.2) is 41.0 Å². The predicted molar refractivity (Wildman–Crippen MR) is 116 cm³/mol. The van der Waals surface area contributed by atoms with E-state index in [-0.39, 0.29) is 12.4 Å². The number of carbonyl (C=O) groups is 1. The van der Waals surface area contributed by atoms with Crippen LogP contribution in [0.25, 0.3) is 21.7 Å². The fourth-order valence-corrected chi connectivity index (χ4v) is 4.05. The molecule has 0 spiro atoms. The number of hydrogen-bond donors (Lipinski definition) is 1. The molecule has 0 amide bonds. The molecule has 1 aliphatic rings. The molecule has 2 heterocycles. The van der Waals surface area contributed by atoms with Crippen molar-refractivity contribution in [2.75, 3.05) is 32.8 Å². The van der Waals surface area contributed by atoms with Crippen molar-refractivity contribution in [1.82, 2.24) is 4.90 Å². The van der Waals surface area contributed by atoms with Crippen molar-refractivity contribution in [1.29, 1.82) is 0 Å². The molecule has 1 saturated heterocycles. The molecule has 6 nitrogen and oxygen atoms in total. The molecule has 30 heavy (non-hydrogen) atoms. The lowest BCUT2D eigenvalue weighted by Crippen LogP contribution is -2.43. The second kappa shape index (κ2) is 8.66. The summed E-state index contributed by atoms with van der Waals surface area (Å²) in [4.78, 5) is 14.3. The maximum Gasteiger partial charge on any atom is 0.310 e. The highest BCUT2D eigenvalue weighted by Gasteiger charge is 2.26. The van der Waals surface area contributed by atoms with Gasteiger partial charge in [0.1, 0.15) is 17.9 Å². The van der Waals surface area contributed by atoms with Gasteiger partial charge in [-0.05, 0) is 61.7 Å². The van der Waals surface area contributed by atoms with E-state index in [1.165, 1.54) is 0 Å². The third kappa shape index (κ3) is 4.60. The van der Waals surface area contributed by atoms with Crippen LogP contribution in [0.2, 0.25) is 0 Å². The quantitative estimate of drug-likeness (QED) is 0.594. The van der Waals surface area contributed by atoms with Crippen LogP contribution in [0.1, 0.15) is 32.3 Å². The Morgan fingerprint density at radius 3 is 2.80 bits per heavy atom. The third-order valence-electron chi connectivity index (χ3n) is 5.85. The summed E-state index contributed by atoms with van der Waals surface area (Å²) in [6.45, 7) is 7.33. The van der Waals surface area contributed by atoms with Crippen molar-refractivity contribution in [3.63, 3.8) is 0 Å². The topological polar surface area (TPSA) is 72.1 Å². The van der Waals surface area contributed by atoms with Crippen LogP contribution < -0.4 is 4.74 Å². The van der Waals surface area contributed by atoms with E-state index in [1.54, 1.807) is 13.2 Å². The molecule has 160 valence electrons. The highest BCUT2D eigenvalue weighted by molar-refractivity contribution is 6.08. The van der Waals surface area contributed by atoms with Gasteiger partial charge in [-0.1, -0.05) is 6.07 Å². The summed E-state index contributed by atoms with van der Waals surface area (Å²) < 4.78 is 16.7. The average molecular weight is 411 g/mol. The summed E-state index contributed by atoms with van der Waals surface area (Å²) >= 11 is 0. The Balaban J connectivity index is 1.45. The fraction of sp³-hybridized carbons (Fsp3) is 0.458. The summed E-state index contributed by atoms with van der Waals surface area (Å²) in [5.41, 5.74) is 1.07. The number of esters is 1. The van der Waals surface area contributed by atoms with E-state index in [0.717, 1.165) is 65.5 Å². The number of carbonyl (C=O) groups excluding carboxylic acids is 1. The Hall–Kier alpha value is -2.57. The van der Waals surface area contributed by atoms with Crippen LogP contribution in [0, 0.1) is 0 Å². The van der Waals surface area contributed by atoms with Crippen LogP contribution in [0.4, 0.5) is 0 Å². The van der Waals surface area contributed by atoms with Gasteiger partial charge < -0.3 is 19.0 Å². The standard InChI is InChI=1S/C24H29NO5/c1-3-28-22(26)15-18-16-30-21-7-4-17-14-19(5-6-20(17)23(18)21)29-13-12-25-10-8-24(2,27)9-11-25/h4-7,14,16,27H,3,8-13,15H2,1-2H3. The van der Waals surface area contributed by atoms with Gasteiger partial charge in [-0.3, -0.25) is 9.69 Å². The first-order valence-corrected chi connectivity index (χ1v) is 10.6. The second-order valence-electron chi connectivity index (χ2n) is 8.25. The van der Waals surface area contributed by atoms with Gasteiger partial charge in [0.25, 0.3) is 0 Å². The summed E-state index contributed by atoms with van der Waals surface area (Å²) in [6.07, 6.45) is 3.44. The molecular formula is C24H29NO5. The lowest BCUT2D eigenvalue weighted by atomic mass is 9.94. The second-order valence-corrected chi connectivity index (χ2v) is 8.25. The minimum Gasteiger partial charge on any atom is -0.492 e. The van der Waals surface area contributed by atoms with Crippen molar-refractivity contribution in [2.24, 2.45) is 0 Å². The molecule has 0 saturated carbocycles. The van der Waals surface area contributed by atoms with E-state index in [2.05, 4.69) is 4.90 Å². The number of rotatable bonds is 7. The molecule has 0 bridgehead atoms. The van der Waals surface area contributed by atoms with Gasteiger partial charge in [0.2, 0.25) is 0 Å². The summed E-state index contributed by atoms with van der Waals surface area (Å²) in [6, 6.07) is 9.95. The normalized spacial score (nSPS) is 16.8. The maximum absolute atomic E-state index is 11.9. The van der Waals surface area contributed by atoms with Gasteiger partial charge in [0, 0.05) is 30.6 Å². The Bertz CT molecular complexity index is 1030. The molecular weight excluding hydrogens is 382 g/mol. The smallest absolute Gasteiger partial charge is 0.310 e. The molecule has 1 N–H and O–H groups in total. The largest absolute Gasteiger partial charge is 0.492 e. The Morgan fingerprint density at radius 1 is 1.23 bits per heavy atom. The van der Waals surface area contributed by atoms with Gasteiger partial charge in [0.15, 0.2) is 0 Å². The number of fused-ring (bicyclic) bond motifs is 3. The molecule has 1 fully saturated rings. The minimum atomic E-state index is -0.528. The van der Waals surface area contributed by atoms with Crippen LogP contribution in [-0.2, 0) is 16.0 Å². The SMILES string of the molecule is CCOC(=O)Cc1coc2ccc3cc(OCCN4CCC(C)(O)CC4)ccc3c12. The Morgan fingerprint density at radius 2 is 2.03 bits per heavy atom. The zero-order valence-corrected chi connectivity index (χ0v) is 17.6. The first-order chi connectivity index (χ1) is 14.4. The maximum atomic E-state index is 11.9. The lowest BCUT2D eigenvalue weighted by Gasteiger charge is -2.35. The molecule has 0 aliphatic carbocycles. The van der Waals surface area contributed by atoms with Gasteiger partial charge >= 0.3 is 5.97 Å². The van der Waals surface area contributed by atoms with Crippen LogP contribution in [0.5, 0.6) is 5.75 Å². The number of hydrogen-bond acceptors (Lipinski definition) is 6. The molecule has 3 aromatic rings. The molecule has 2 aromatic carbocycles. The highest BCUT2D eigenvalue weighted by atomic mass is 16.5. The van der Waals surface area contributed by atoms with Crippen LogP contribution in [-0.4, -0.2) is 54.4 Å². The van der Waals surface area contributed by atoms with E-state index >= 15 is 0 Å². The minimum absolute atomic E-state index is 0.195. The van der Waals surface area contributed by atoms with Crippen molar-refractivity contribution in [3.05, 3.63) is 42.2 Å². The predicted octanol–water partition coefficient (Wildman–Crippen LogP) is 3.92. The van der Waals surface area contributed by atoms with Crippen molar-refractivity contribution >= 4 is 27.7 Å². The molecule has 0 atom stereocenters. The van der Waals surface area contributed by atoms with E-state index < -0.39 is 5.60 Å². The van der Waals surface area contributed by atoms with Crippen LogP contribution >= 0.6 is 0 Å². The van der Waals surface area contributed by atoms with Crippen molar-refractivity contribution in [2.45, 2.75) is 38.7 Å². The number of furan rings is 1. The summed E-state index contributed by atoms with van der Waals surface area (Å²) in [5.74, 6) is 0.567. The van der Waals surface area contributed by atoms with Crippen LogP contribution in [0.3, 0.4) is 0 Å². The molecule has 0 unspecified atom stereocenters. The van der Waals surface area contributed by atoms with E-state index in [9.17, 15) is 9.90 Å². The first kappa shape index (κ1) is 20.7. The van der Waals surface area contributed by atoms with Crippen molar-refractivity contribution < 1.29 is 23.8 Å². The molecule has 4 rings (SSSR count). The first-order valence-electron chi connectivity index (χ1n) is 10.6. The Labute approximate surface area is 176 Å². The van der Waals surface area contributed by atoms with E-state index in [1.807, 2.05) is 37.3 Å². The van der Waals surface area contributed by atoms with Crippen molar-refractivity contribution in [3.8, 4) is 5.75 Å². The zero-order valence-electron chi connectivity index (χ0n) is 17.6. The number of piperidine rings is 1. The average Bonchev–Trinajstić information content (AvgIpc) is 3.12. The van der Waals surface area contributed by atoms with Gasteiger partial charge in [-0.2, -0.15) is 0 Å². The number of benzene rings is 2. The zero-order chi connectivity index (χ0) is 21.1. The van der Waals surface area contributed by atoms with Gasteiger partial charge in [-0.25, -0.2) is 0 Å². The number of ether oxygens (including phenoxy) is 2. The molecule has 1 aliphatic heterocycles. The van der Waals surface area contributed by atoms with Gasteiger partial charge in [-0.15, -0.1) is 0 Å². The summed E-state index contributed by atoms with van der Waals surface area (Å²) in [5, 5.41) is 13.1. The van der Waals surface area contributed by atoms with E-state index in [4.69, 9.17) is 13.9 Å². The monoisotopic (exact) mass is 411 g/mol. The third-order valence-corrected chi connectivity index (χ3v) is 5.85. The van der Waals surface area contributed by atoms with Gasteiger partial charge in [0.05, 0.1) is 24.9 Å². The lowest BCUT2D eigenvalue weighted by molar-refractivity contribution is -0.142. The van der Waals surface area contributed by atoms with E-state index in [0.29, 0.717) is 13.2 Å². The summed E-state index contributed by atoms with van der Waals surface area (Å²) in [7, 11) is 0. The number of nitrogens with zero attached hydrogens (tertiary/aromatic N) is 1. The molecule has 0 radical (unpaired) electrons. The molecule has 6 heteroatoms. The highest BCUT2D eigenvalue weighted by Crippen LogP contribution is 2.32. The number of aliphatic hydroxyl groups is 1. The fourth-order valence-electron chi connectivity index (χ4n) is 4.05. The number of likely N-dealkylation sites (tertiary alicyclic amines) is 1. The molecule has 1 aromatic heterocycles.